The van der Waals surface area contributed by atoms with Crippen molar-refractivity contribution in [2.24, 2.45) is 5.10 Å². The summed E-state index contributed by atoms with van der Waals surface area (Å²) in [5.41, 5.74) is 3.02. The van der Waals surface area contributed by atoms with Gasteiger partial charge in [0.2, 0.25) is 0 Å². The van der Waals surface area contributed by atoms with Crippen LogP contribution in [-0.2, 0) is 4.79 Å². The number of nitrogens with one attached hydrogen (secondary N) is 2. The largest absolute Gasteiger partial charge is 0.347 e. The molecule has 38 heavy (non-hydrogen) atoms. The number of anilines is 2. The molecule has 2 unspecified atom stereocenters. The lowest BCUT2D eigenvalue weighted by molar-refractivity contribution is -0.129. The molecule has 0 bridgehead atoms. The Labute approximate surface area is 221 Å². The van der Waals surface area contributed by atoms with E-state index in [1.165, 1.54) is 16.0 Å². The Morgan fingerprint density at radius 2 is 1.53 bits per heavy atom. The van der Waals surface area contributed by atoms with E-state index in [4.69, 9.17) is 0 Å². The smallest absolute Gasteiger partial charge is 0.306 e. The fourth-order valence-corrected chi connectivity index (χ4v) is 4.55. The van der Waals surface area contributed by atoms with E-state index < -0.39 is 35.7 Å². The van der Waals surface area contributed by atoms with Gasteiger partial charge in [0.05, 0.1) is 11.8 Å². The van der Waals surface area contributed by atoms with E-state index in [1.807, 2.05) is 30.3 Å². The lowest BCUT2D eigenvalue weighted by Gasteiger charge is -2.39. The van der Waals surface area contributed by atoms with E-state index in [0.29, 0.717) is 16.4 Å². The van der Waals surface area contributed by atoms with Crippen molar-refractivity contribution >= 4 is 35.6 Å². The second-order valence-corrected chi connectivity index (χ2v) is 9.35. The van der Waals surface area contributed by atoms with Gasteiger partial charge >= 0.3 is 12.1 Å². The van der Waals surface area contributed by atoms with Crippen LogP contribution in [0.2, 0.25) is 0 Å². The van der Waals surface area contributed by atoms with Crippen LogP contribution in [0.4, 0.5) is 21.0 Å². The van der Waals surface area contributed by atoms with Gasteiger partial charge in [-0.15, -0.1) is 0 Å². The number of nitrogens with zero attached hydrogens (tertiary/aromatic N) is 4. The van der Waals surface area contributed by atoms with Crippen LogP contribution < -0.4 is 15.6 Å². The van der Waals surface area contributed by atoms with Crippen molar-refractivity contribution in [1.82, 2.24) is 15.4 Å². The van der Waals surface area contributed by atoms with Crippen molar-refractivity contribution in [2.75, 3.05) is 10.2 Å². The molecule has 0 radical (unpaired) electrons. The summed E-state index contributed by atoms with van der Waals surface area (Å²) in [6.45, 7) is 4.95. The Morgan fingerprint density at radius 3 is 2.13 bits per heavy atom. The summed E-state index contributed by atoms with van der Waals surface area (Å²) < 4.78 is 0. The Morgan fingerprint density at radius 1 is 0.974 bits per heavy atom. The number of benzene rings is 3. The van der Waals surface area contributed by atoms with Crippen LogP contribution in [0.25, 0.3) is 0 Å². The third-order valence-electron chi connectivity index (χ3n) is 6.36. The molecule has 1 fully saturated rings. The average molecular weight is 515 g/mol. The second-order valence-electron chi connectivity index (χ2n) is 9.35. The van der Waals surface area contributed by atoms with Crippen LogP contribution in [0.3, 0.4) is 0 Å². The molecule has 0 aromatic heterocycles. The molecule has 3 N–H and O–H groups in total. The van der Waals surface area contributed by atoms with Gasteiger partial charge in [0.15, 0.2) is 6.17 Å². The minimum atomic E-state index is -1.20. The van der Waals surface area contributed by atoms with Gasteiger partial charge in [-0.05, 0) is 50.6 Å². The van der Waals surface area contributed by atoms with Crippen LogP contribution >= 0.6 is 0 Å². The van der Waals surface area contributed by atoms with Crippen molar-refractivity contribution < 1.29 is 19.6 Å². The highest BCUT2D eigenvalue weighted by atomic mass is 16.5. The first-order valence-electron chi connectivity index (χ1n) is 12.1. The monoisotopic (exact) mass is 514 g/mol. The molecule has 1 saturated heterocycles. The number of hydrogen-bond donors (Lipinski definition) is 3. The van der Waals surface area contributed by atoms with E-state index in [0.717, 1.165) is 5.56 Å². The van der Waals surface area contributed by atoms with Crippen LogP contribution in [0.5, 0.6) is 0 Å². The summed E-state index contributed by atoms with van der Waals surface area (Å²) in [4.78, 5) is 42.6. The first-order valence-corrected chi connectivity index (χ1v) is 12.1. The Kier molecular flexibility index (Phi) is 7.73. The zero-order valence-corrected chi connectivity index (χ0v) is 21.4. The average Bonchev–Trinajstić information content (AvgIpc) is 3.13. The first-order chi connectivity index (χ1) is 18.2. The number of carbonyl (C=O) groups is 3. The number of rotatable bonds is 7. The molecule has 3 aromatic carbocycles. The van der Waals surface area contributed by atoms with Crippen molar-refractivity contribution in [1.29, 1.82) is 0 Å². The zero-order valence-electron chi connectivity index (χ0n) is 21.4. The summed E-state index contributed by atoms with van der Waals surface area (Å²) in [5.74, 6) is -0.523. The maximum Gasteiger partial charge on any atom is 0.347 e. The molecule has 0 saturated carbocycles. The van der Waals surface area contributed by atoms with Gasteiger partial charge in [0.1, 0.15) is 6.04 Å². The lowest BCUT2D eigenvalue weighted by atomic mass is 9.98. The van der Waals surface area contributed by atoms with E-state index in [-0.39, 0.29) is 0 Å². The summed E-state index contributed by atoms with van der Waals surface area (Å²) in [6.07, 6.45) is 0.341. The van der Waals surface area contributed by atoms with Crippen molar-refractivity contribution in [2.45, 2.75) is 38.5 Å². The SMILES string of the molecule is CC(C(=O)N/N=C\c1ccccc1)N1C(=O)N(c2ccccc2)C(N(O)C(=O)Nc2ccccc2)C1(C)C. The van der Waals surface area contributed by atoms with Crippen molar-refractivity contribution in [3.05, 3.63) is 96.6 Å². The van der Waals surface area contributed by atoms with Crippen LogP contribution in [0, 0.1) is 0 Å². The molecule has 1 aliphatic rings. The van der Waals surface area contributed by atoms with Gasteiger partial charge in [-0.1, -0.05) is 66.7 Å². The van der Waals surface area contributed by atoms with Gasteiger partial charge in [-0.25, -0.2) is 15.0 Å². The van der Waals surface area contributed by atoms with Gasteiger partial charge in [0, 0.05) is 11.4 Å². The van der Waals surface area contributed by atoms with Gasteiger partial charge < -0.3 is 10.2 Å². The van der Waals surface area contributed by atoms with Gasteiger partial charge in [-0.2, -0.15) is 10.2 Å². The lowest BCUT2D eigenvalue weighted by Crippen LogP contribution is -2.60. The van der Waals surface area contributed by atoms with E-state index in [2.05, 4.69) is 15.8 Å². The number of para-hydroxylation sites is 2. The number of hydrogen-bond acceptors (Lipinski definition) is 5. The molecule has 196 valence electrons. The van der Waals surface area contributed by atoms with Gasteiger partial charge in [-0.3, -0.25) is 14.9 Å². The first kappa shape index (κ1) is 26.4. The topological polar surface area (TPSA) is 118 Å². The predicted molar refractivity (Wildman–Crippen MR) is 145 cm³/mol. The zero-order chi connectivity index (χ0) is 27.3. The van der Waals surface area contributed by atoms with Crippen LogP contribution in [0.1, 0.15) is 26.3 Å². The quantitative estimate of drug-likeness (QED) is 0.245. The fraction of sp³-hybridized carbons (Fsp3) is 0.214. The fourth-order valence-electron chi connectivity index (χ4n) is 4.55. The number of amides is 5. The molecule has 4 rings (SSSR count). The molecule has 1 heterocycles. The van der Waals surface area contributed by atoms with Crippen molar-refractivity contribution in [3.63, 3.8) is 0 Å². The summed E-state index contributed by atoms with van der Waals surface area (Å²) in [6, 6.07) is 24.2. The van der Waals surface area contributed by atoms with E-state index in [9.17, 15) is 19.6 Å². The molecular weight excluding hydrogens is 484 g/mol. The molecule has 1 aliphatic heterocycles. The number of hydroxylamine groups is 2. The van der Waals surface area contributed by atoms with Crippen LogP contribution in [0.15, 0.2) is 96.1 Å². The molecule has 0 aliphatic carbocycles. The summed E-state index contributed by atoms with van der Waals surface area (Å²) in [7, 11) is 0. The standard InChI is InChI=1S/C28H30N6O4/c1-20(24(35)31-29-19-21-13-7-4-8-14-21)33-27(37)32(23-17-11-6-12-18-23)25(28(33,2)3)34(38)26(36)30-22-15-9-5-10-16-22/h4-20,25,38H,1-3H3,(H,30,36)(H,31,35)/b29-19-. The minimum Gasteiger partial charge on any atom is -0.306 e. The predicted octanol–water partition coefficient (Wildman–Crippen LogP) is 4.50. The third-order valence-corrected chi connectivity index (χ3v) is 6.36. The third kappa shape index (κ3) is 5.35. The number of urea groups is 2. The molecular formula is C28H30N6O4. The molecule has 2 atom stereocenters. The molecule has 3 aromatic rings. The highest BCUT2D eigenvalue weighted by Crippen LogP contribution is 2.39. The summed E-state index contributed by atoms with van der Waals surface area (Å²) >= 11 is 0. The van der Waals surface area contributed by atoms with Crippen molar-refractivity contribution in [3.8, 4) is 0 Å². The molecule has 10 heteroatoms. The molecule has 0 spiro atoms. The minimum absolute atomic E-state index is 0.458. The normalized spacial score (nSPS) is 17.4. The number of carbonyl (C=O) groups excluding carboxylic acids is 3. The highest BCUT2D eigenvalue weighted by molar-refractivity contribution is 6.00. The second kappa shape index (κ2) is 11.1. The maximum atomic E-state index is 13.8. The Bertz CT molecular complexity index is 1300. The van der Waals surface area contributed by atoms with Crippen LogP contribution in [-0.4, -0.2) is 57.1 Å². The maximum absolute atomic E-state index is 13.8. The van der Waals surface area contributed by atoms with E-state index in [1.54, 1.807) is 81.4 Å². The Balaban J connectivity index is 1.61. The van der Waals surface area contributed by atoms with E-state index >= 15 is 0 Å². The highest BCUT2D eigenvalue weighted by Gasteiger charge is 2.58. The Hall–Kier alpha value is -4.70. The summed E-state index contributed by atoms with van der Waals surface area (Å²) in [5, 5.41) is 18.3. The molecule has 5 amide bonds. The van der Waals surface area contributed by atoms with Gasteiger partial charge in [0.25, 0.3) is 5.91 Å². The molecule has 10 nitrogen and oxygen atoms in total. The number of hydrazone groups is 1.